The lowest BCUT2D eigenvalue weighted by atomic mass is 9.93. The predicted molar refractivity (Wildman–Crippen MR) is 121 cm³/mol. The van der Waals surface area contributed by atoms with Gasteiger partial charge in [0.15, 0.2) is 0 Å². The number of hydrazone groups is 1. The van der Waals surface area contributed by atoms with Gasteiger partial charge in [0.1, 0.15) is 5.75 Å². The molecule has 0 radical (unpaired) electrons. The number of para-hydroxylation sites is 1. The molecule has 0 amide bonds. The molecule has 0 saturated carbocycles. The second-order valence-electron chi connectivity index (χ2n) is 7.70. The third-order valence-electron chi connectivity index (χ3n) is 5.97. The lowest BCUT2D eigenvalue weighted by Gasteiger charge is -2.38. The molecule has 4 aromatic rings. The number of benzene rings is 4. The van der Waals surface area contributed by atoms with E-state index in [-0.39, 0.29) is 12.3 Å². The van der Waals surface area contributed by atoms with E-state index in [1.807, 2.05) is 36.4 Å². The molecule has 6 rings (SSSR count). The van der Waals surface area contributed by atoms with Gasteiger partial charge in [0, 0.05) is 28.1 Å². The summed E-state index contributed by atoms with van der Waals surface area (Å²) in [4.78, 5) is 0. The summed E-state index contributed by atoms with van der Waals surface area (Å²) in [5, 5.41) is 10.3. The Morgan fingerprint density at radius 2 is 1.53 bits per heavy atom. The monoisotopic (exact) mass is 410 g/mol. The van der Waals surface area contributed by atoms with Crippen LogP contribution in [0.15, 0.2) is 96.1 Å². The molecule has 2 aliphatic heterocycles. The number of nitrogens with zero attached hydrogens (tertiary/aromatic N) is 2. The van der Waals surface area contributed by atoms with E-state index in [0.29, 0.717) is 5.02 Å². The number of ether oxygens (including phenoxy) is 1. The van der Waals surface area contributed by atoms with E-state index in [4.69, 9.17) is 21.4 Å². The maximum Gasteiger partial charge on any atom is 0.215 e. The van der Waals surface area contributed by atoms with E-state index in [9.17, 15) is 0 Å². The Labute approximate surface area is 180 Å². The molecule has 2 aliphatic rings. The zero-order valence-electron chi connectivity index (χ0n) is 16.2. The molecule has 4 heteroatoms. The minimum absolute atomic E-state index is 0.116. The van der Waals surface area contributed by atoms with Crippen LogP contribution in [0, 0.1) is 0 Å². The Balaban J connectivity index is 1.51. The SMILES string of the molecule is Clc1ccccc1[C@@H]1Oc2ccccc2[C@@H]2CC(c3cccc4ccccc34)=NN21. The van der Waals surface area contributed by atoms with Crippen LogP contribution < -0.4 is 4.74 Å². The molecule has 0 N–H and O–H groups in total. The molecular formula is C26H19ClN2O. The summed E-state index contributed by atoms with van der Waals surface area (Å²) < 4.78 is 6.42. The van der Waals surface area contributed by atoms with Crippen LogP contribution in [0.4, 0.5) is 0 Å². The third kappa shape index (κ3) is 2.70. The van der Waals surface area contributed by atoms with E-state index in [0.717, 1.165) is 23.4 Å². The first kappa shape index (κ1) is 17.5. The molecule has 0 unspecified atom stereocenters. The molecule has 3 nitrogen and oxygen atoms in total. The second-order valence-corrected chi connectivity index (χ2v) is 8.11. The highest BCUT2D eigenvalue weighted by atomic mass is 35.5. The molecule has 30 heavy (non-hydrogen) atoms. The highest BCUT2D eigenvalue weighted by Crippen LogP contribution is 2.48. The number of rotatable bonds is 2. The summed E-state index contributed by atoms with van der Waals surface area (Å²) in [5.41, 5.74) is 4.36. The maximum atomic E-state index is 6.55. The van der Waals surface area contributed by atoms with Crippen LogP contribution in [0.3, 0.4) is 0 Å². The van der Waals surface area contributed by atoms with Gasteiger partial charge in [-0.3, -0.25) is 0 Å². The number of hydrogen-bond acceptors (Lipinski definition) is 3. The fourth-order valence-electron chi connectivity index (χ4n) is 4.55. The summed E-state index contributed by atoms with van der Waals surface area (Å²) in [6, 6.07) is 31.1. The first-order valence-corrected chi connectivity index (χ1v) is 10.5. The predicted octanol–water partition coefficient (Wildman–Crippen LogP) is 6.74. The molecule has 0 fully saturated rings. The first-order chi connectivity index (χ1) is 14.8. The minimum atomic E-state index is -0.355. The van der Waals surface area contributed by atoms with Gasteiger partial charge in [-0.1, -0.05) is 90.5 Å². The second kappa shape index (κ2) is 6.89. The molecular weight excluding hydrogens is 392 g/mol. The zero-order valence-corrected chi connectivity index (χ0v) is 17.0. The molecule has 0 bridgehead atoms. The summed E-state index contributed by atoms with van der Waals surface area (Å²) in [6.07, 6.45) is 0.473. The molecule has 146 valence electrons. The first-order valence-electron chi connectivity index (χ1n) is 10.1. The zero-order chi connectivity index (χ0) is 20.1. The van der Waals surface area contributed by atoms with Crippen molar-refractivity contribution in [3.63, 3.8) is 0 Å². The van der Waals surface area contributed by atoms with Crippen molar-refractivity contribution in [2.75, 3.05) is 0 Å². The Morgan fingerprint density at radius 1 is 0.800 bits per heavy atom. The molecule has 0 aliphatic carbocycles. The van der Waals surface area contributed by atoms with Gasteiger partial charge < -0.3 is 4.74 Å². The lowest BCUT2D eigenvalue weighted by Crippen LogP contribution is -2.33. The van der Waals surface area contributed by atoms with Crippen molar-refractivity contribution in [3.8, 4) is 5.75 Å². The van der Waals surface area contributed by atoms with Gasteiger partial charge in [-0.15, -0.1) is 0 Å². The smallest absolute Gasteiger partial charge is 0.215 e. The minimum Gasteiger partial charge on any atom is -0.464 e. The van der Waals surface area contributed by atoms with Gasteiger partial charge in [-0.2, -0.15) is 5.10 Å². The van der Waals surface area contributed by atoms with Crippen molar-refractivity contribution in [1.82, 2.24) is 5.01 Å². The molecule has 0 saturated heterocycles. The number of halogens is 1. The largest absolute Gasteiger partial charge is 0.464 e. The van der Waals surface area contributed by atoms with Crippen LogP contribution in [0.2, 0.25) is 5.02 Å². The normalized spacial score (nSPS) is 19.8. The Morgan fingerprint density at radius 3 is 2.43 bits per heavy atom. The van der Waals surface area contributed by atoms with Crippen LogP contribution in [-0.2, 0) is 0 Å². The summed E-state index contributed by atoms with van der Waals surface area (Å²) >= 11 is 6.55. The molecule has 0 spiro atoms. The van der Waals surface area contributed by atoms with E-state index in [1.165, 1.54) is 21.9 Å². The summed E-state index contributed by atoms with van der Waals surface area (Å²) in [7, 11) is 0. The van der Waals surface area contributed by atoms with Crippen molar-refractivity contribution in [2.45, 2.75) is 18.7 Å². The highest BCUT2D eigenvalue weighted by Gasteiger charge is 2.41. The lowest BCUT2D eigenvalue weighted by molar-refractivity contribution is -0.0189. The van der Waals surface area contributed by atoms with Crippen LogP contribution in [0.1, 0.15) is 35.4 Å². The van der Waals surface area contributed by atoms with E-state index >= 15 is 0 Å². The average Bonchev–Trinajstić information content (AvgIpc) is 3.24. The van der Waals surface area contributed by atoms with Gasteiger partial charge in [0.25, 0.3) is 0 Å². The highest BCUT2D eigenvalue weighted by molar-refractivity contribution is 6.31. The summed E-state index contributed by atoms with van der Waals surface area (Å²) in [5.74, 6) is 0.901. The van der Waals surface area contributed by atoms with Crippen molar-refractivity contribution in [1.29, 1.82) is 0 Å². The van der Waals surface area contributed by atoms with Gasteiger partial charge in [-0.05, 0) is 22.9 Å². The van der Waals surface area contributed by atoms with Crippen molar-refractivity contribution >= 4 is 28.1 Å². The van der Waals surface area contributed by atoms with Gasteiger partial charge in [0.2, 0.25) is 6.23 Å². The Hall–Kier alpha value is -3.30. The molecule has 2 heterocycles. The molecule has 2 atom stereocenters. The van der Waals surface area contributed by atoms with Crippen LogP contribution in [-0.4, -0.2) is 10.7 Å². The third-order valence-corrected chi connectivity index (χ3v) is 6.32. The Bertz CT molecular complexity index is 1290. The average molecular weight is 411 g/mol. The van der Waals surface area contributed by atoms with Crippen molar-refractivity contribution in [2.24, 2.45) is 5.10 Å². The number of hydrogen-bond donors (Lipinski definition) is 0. The van der Waals surface area contributed by atoms with E-state index < -0.39 is 0 Å². The van der Waals surface area contributed by atoms with E-state index in [1.54, 1.807) is 0 Å². The summed E-state index contributed by atoms with van der Waals surface area (Å²) in [6.45, 7) is 0. The van der Waals surface area contributed by atoms with Crippen LogP contribution in [0.25, 0.3) is 10.8 Å². The van der Waals surface area contributed by atoms with E-state index in [2.05, 4.69) is 59.6 Å². The number of fused-ring (bicyclic) bond motifs is 4. The van der Waals surface area contributed by atoms with Crippen molar-refractivity contribution in [3.05, 3.63) is 113 Å². The Kier molecular flexibility index (Phi) is 4.03. The fourth-order valence-corrected chi connectivity index (χ4v) is 4.78. The van der Waals surface area contributed by atoms with Crippen LogP contribution in [0.5, 0.6) is 5.75 Å². The standard InChI is InChI=1S/C26H19ClN2O/c27-22-14-5-3-11-20(22)26-29-24(21-12-4-6-15-25(21)30-26)16-23(28-29)19-13-7-9-17-8-1-2-10-18(17)19/h1-15,24,26H,16H2/t24-,26-/m0/s1. The van der Waals surface area contributed by atoms with Gasteiger partial charge >= 0.3 is 0 Å². The molecule has 4 aromatic carbocycles. The maximum absolute atomic E-state index is 6.55. The topological polar surface area (TPSA) is 24.8 Å². The molecule has 0 aromatic heterocycles. The van der Waals surface area contributed by atoms with Crippen molar-refractivity contribution < 1.29 is 4.74 Å². The fraction of sp³-hybridized carbons (Fsp3) is 0.115. The quantitative estimate of drug-likeness (QED) is 0.365. The van der Waals surface area contributed by atoms with Gasteiger partial charge in [0.05, 0.1) is 11.8 Å². The van der Waals surface area contributed by atoms with Gasteiger partial charge in [-0.25, -0.2) is 5.01 Å². The van der Waals surface area contributed by atoms with Crippen LogP contribution >= 0.6 is 11.6 Å².